The van der Waals surface area contributed by atoms with Crippen molar-refractivity contribution in [1.29, 1.82) is 0 Å². The van der Waals surface area contributed by atoms with Crippen molar-refractivity contribution in [2.75, 3.05) is 24.6 Å². The number of halogens is 1. The first-order valence-electron chi connectivity index (χ1n) is 9.26. The molecule has 0 radical (unpaired) electrons. The molecule has 3 rings (SSSR count). The Morgan fingerprint density at radius 3 is 2.40 bits per heavy atom. The first-order chi connectivity index (χ1) is 13.9. The number of rotatable bonds is 5. The van der Waals surface area contributed by atoms with Crippen LogP contribution in [0.25, 0.3) is 21.7 Å². The molecule has 30 heavy (non-hydrogen) atoms. The Kier molecular flexibility index (Phi) is 5.90. The lowest BCUT2D eigenvalue weighted by atomic mass is 9.98. The molecule has 0 aliphatic carbocycles. The molecule has 160 valence electrons. The minimum absolute atomic E-state index is 0.134. The number of hydrogen-bond donors (Lipinski definition) is 2. The Hall–Kier alpha value is -2.49. The number of nitrogens with two attached hydrogens (primary N) is 1. The highest BCUT2D eigenvalue weighted by Gasteiger charge is 2.26. The van der Waals surface area contributed by atoms with Crippen LogP contribution < -0.4 is 10.5 Å². The lowest BCUT2D eigenvalue weighted by Gasteiger charge is -2.15. The largest absolute Gasteiger partial charge is 0.399 e. The minimum Gasteiger partial charge on any atom is -0.399 e. The van der Waals surface area contributed by atoms with E-state index in [9.17, 15) is 8.42 Å². The lowest BCUT2D eigenvalue weighted by Crippen LogP contribution is -2.29. The van der Waals surface area contributed by atoms with E-state index in [1.54, 1.807) is 18.2 Å². The number of aromatic nitrogens is 1. The zero-order valence-electron chi connectivity index (χ0n) is 17.5. The third kappa shape index (κ3) is 4.48. The first kappa shape index (κ1) is 22.2. The molecule has 1 heterocycles. The number of nitrogens with one attached hydrogen (secondary N) is 1. The summed E-state index contributed by atoms with van der Waals surface area (Å²) in [5.74, 6) is -0.682. The van der Waals surface area contributed by atoms with Gasteiger partial charge in [-0.2, -0.15) is 12.7 Å². The molecular weight excluding hydrogens is 423 g/mol. The quantitative estimate of drug-likeness (QED) is 0.553. The summed E-state index contributed by atoms with van der Waals surface area (Å²) >= 11 is 1.48. The summed E-state index contributed by atoms with van der Waals surface area (Å²) in [6.07, 6.45) is 0. The minimum atomic E-state index is -3.85. The van der Waals surface area contributed by atoms with E-state index < -0.39 is 16.0 Å². The molecule has 3 N–H and O–H groups in total. The SMILES string of the molecule is CN(C)S(=O)(=O)Nc1cccc(-c2nc(C(C)(C)C)sc2-c2cccc(N)c2)c1F. The molecule has 0 fully saturated rings. The molecule has 0 saturated carbocycles. The van der Waals surface area contributed by atoms with Gasteiger partial charge in [0.25, 0.3) is 0 Å². The highest BCUT2D eigenvalue weighted by atomic mass is 32.2. The van der Waals surface area contributed by atoms with Gasteiger partial charge in [0.2, 0.25) is 0 Å². The normalized spacial score (nSPS) is 12.4. The van der Waals surface area contributed by atoms with E-state index in [1.807, 2.05) is 39.0 Å². The lowest BCUT2D eigenvalue weighted by molar-refractivity contribution is 0.526. The van der Waals surface area contributed by atoms with E-state index in [-0.39, 0.29) is 16.7 Å². The third-order valence-corrected chi connectivity index (χ3v) is 7.36. The second-order valence-corrected chi connectivity index (χ2v) is 11.0. The number of benzene rings is 2. The Bertz CT molecular complexity index is 1180. The second kappa shape index (κ2) is 7.98. The Balaban J connectivity index is 2.21. The molecular formula is C21H25FN4O2S2. The number of hydrogen-bond acceptors (Lipinski definition) is 5. The maximum atomic E-state index is 15.4. The van der Waals surface area contributed by atoms with E-state index in [4.69, 9.17) is 10.7 Å². The first-order valence-corrected chi connectivity index (χ1v) is 11.5. The van der Waals surface area contributed by atoms with Crippen molar-refractivity contribution in [3.8, 4) is 21.7 Å². The van der Waals surface area contributed by atoms with Crippen LogP contribution in [0.15, 0.2) is 42.5 Å². The predicted octanol–water partition coefficient (Wildman–Crippen LogP) is 4.71. The zero-order chi connectivity index (χ0) is 22.3. The molecule has 0 bridgehead atoms. The van der Waals surface area contributed by atoms with Crippen molar-refractivity contribution in [1.82, 2.24) is 9.29 Å². The van der Waals surface area contributed by atoms with Crippen molar-refractivity contribution >= 4 is 32.9 Å². The molecule has 2 aromatic carbocycles. The second-order valence-electron chi connectivity index (χ2n) is 8.13. The van der Waals surface area contributed by atoms with Crippen LogP contribution in [-0.2, 0) is 15.6 Å². The van der Waals surface area contributed by atoms with Gasteiger partial charge < -0.3 is 5.73 Å². The van der Waals surface area contributed by atoms with Gasteiger partial charge in [0.1, 0.15) is 0 Å². The molecule has 0 spiro atoms. The molecule has 0 aliphatic heterocycles. The summed E-state index contributed by atoms with van der Waals surface area (Å²) < 4.78 is 43.1. The molecule has 0 aliphatic rings. The van der Waals surface area contributed by atoms with Crippen LogP contribution in [0.4, 0.5) is 15.8 Å². The summed E-state index contributed by atoms with van der Waals surface area (Å²) in [5.41, 5.74) is 7.69. The van der Waals surface area contributed by atoms with Crippen LogP contribution in [0.2, 0.25) is 0 Å². The zero-order valence-corrected chi connectivity index (χ0v) is 19.2. The standard InChI is InChI=1S/C21H25FN4O2S2/c1-21(2,3)20-24-18(19(29-20)13-8-6-9-14(23)12-13)15-10-7-11-16(17(15)22)25-30(27,28)26(4)5/h6-12,25H,23H2,1-5H3. The van der Waals surface area contributed by atoms with Crippen molar-refractivity contribution in [3.63, 3.8) is 0 Å². The fraction of sp³-hybridized carbons (Fsp3) is 0.286. The third-order valence-electron chi connectivity index (χ3n) is 4.39. The Morgan fingerprint density at radius 1 is 1.13 bits per heavy atom. The van der Waals surface area contributed by atoms with E-state index in [2.05, 4.69) is 4.72 Å². The summed E-state index contributed by atoms with van der Waals surface area (Å²) in [5, 5.41) is 0.841. The average molecular weight is 449 g/mol. The predicted molar refractivity (Wildman–Crippen MR) is 122 cm³/mol. The summed E-state index contributed by atoms with van der Waals surface area (Å²) in [4.78, 5) is 5.52. The Morgan fingerprint density at radius 2 is 1.80 bits per heavy atom. The van der Waals surface area contributed by atoms with Gasteiger partial charge in [-0.25, -0.2) is 9.37 Å². The van der Waals surface area contributed by atoms with Gasteiger partial charge in [0, 0.05) is 30.8 Å². The monoisotopic (exact) mass is 448 g/mol. The smallest absolute Gasteiger partial charge is 0.301 e. The van der Waals surface area contributed by atoms with Crippen LogP contribution in [0.3, 0.4) is 0 Å². The van der Waals surface area contributed by atoms with E-state index >= 15 is 4.39 Å². The summed E-state index contributed by atoms with van der Waals surface area (Å²) in [6.45, 7) is 6.12. The molecule has 1 aromatic heterocycles. The van der Waals surface area contributed by atoms with Crippen LogP contribution in [0, 0.1) is 5.82 Å². The molecule has 0 atom stereocenters. The van der Waals surface area contributed by atoms with Gasteiger partial charge in [-0.1, -0.05) is 39.0 Å². The molecule has 6 nitrogen and oxygen atoms in total. The van der Waals surface area contributed by atoms with Crippen LogP contribution in [0.1, 0.15) is 25.8 Å². The van der Waals surface area contributed by atoms with Crippen LogP contribution >= 0.6 is 11.3 Å². The molecule has 9 heteroatoms. The number of nitrogens with zero attached hydrogens (tertiary/aromatic N) is 2. The van der Waals surface area contributed by atoms with Crippen molar-refractivity contribution < 1.29 is 12.8 Å². The molecule has 0 amide bonds. The molecule has 0 saturated heterocycles. The fourth-order valence-corrected chi connectivity index (χ4v) is 4.47. The maximum absolute atomic E-state index is 15.4. The van der Waals surface area contributed by atoms with Gasteiger partial charge in [0.15, 0.2) is 5.82 Å². The van der Waals surface area contributed by atoms with Crippen LogP contribution in [-0.4, -0.2) is 31.8 Å². The fourth-order valence-electron chi connectivity index (χ4n) is 2.72. The van der Waals surface area contributed by atoms with Gasteiger partial charge in [-0.05, 0) is 29.8 Å². The number of thiazole rings is 1. The average Bonchev–Trinajstić information content (AvgIpc) is 3.09. The molecule has 3 aromatic rings. The van der Waals surface area contributed by atoms with Gasteiger partial charge in [0.05, 0.1) is 21.3 Å². The van der Waals surface area contributed by atoms with E-state index in [0.29, 0.717) is 11.4 Å². The van der Waals surface area contributed by atoms with Crippen LogP contribution in [0.5, 0.6) is 0 Å². The maximum Gasteiger partial charge on any atom is 0.301 e. The van der Waals surface area contributed by atoms with Gasteiger partial charge >= 0.3 is 10.2 Å². The molecule has 0 unspecified atom stereocenters. The van der Waals surface area contributed by atoms with E-state index in [1.165, 1.54) is 31.5 Å². The number of nitrogen functional groups attached to an aromatic ring is 1. The highest BCUT2D eigenvalue weighted by molar-refractivity contribution is 7.90. The summed E-state index contributed by atoms with van der Waals surface area (Å²) in [6, 6.07) is 11.9. The number of anilines is 2. The topological polar surface area (TPSA) is 88.3 Å². The van der Waals surface area contributed by atoms with Crippen molar-refractivity contribution in [2.45, 2.75) is 26.2 Å². The van der Waals surface area contributed by atoms with Gasteiger partial charge in [-0.15, -0.1) is 11.3 Å². The van der Waals surface area contributed by atoms with Crippen molar-refractivity contribution in [3.05, 3.63) is 53.3 Å². The Labute approximate surface area is 180 Å². The van der Waals surface area contributed by atoms with E-state index in [0.717, 1.165) is 19.8 Å². The van der Waals surface area contributed by atoms with Gasteiger partial charge in [-0.3, -0.25) is 4.72 Å². The summed E-state index contributed by atoms with van der Waals surface area (Å²) in [7, 11) is -1.10. The highest BCUT2D eigenvalue weighted by Crippen LogP contribution is 2.42. The van der Waals surface area contributed by atoms with Crippen molar-refractivity contribution in [2.24, 2.45) is 0 Å².